The minimum Gasteiger partial charge on any atom is -0.385 e. The van der Waals surface area contributed by atoms with Crippen LogP contribution in [0.1, 0.15) is 25.7 Å². The van der Waals surface area contributed by atoms with E-state index in [0.29, 0.717) is 6.04 Å². The van der Waals surface area contributed by atoms with Crippen LogP contribution in [0, 0.1) is 5.41 Å². The van der Waals surface area contributed by atoms with Crippen molar-refractivity contribution < 1.29 is 4.79 Å². The van der Waals surface area contributed by atoms with Gasteiger partial charge in [-0.15, -0.1) is 0 Å². The fourth-order valence-electron chi connectivity index (χ4n) is 1.65. The summed E-state index contributed by atoms with van der Waals surface area (Å²) in [5, 5.41) is 10.0. The SMILES string of the molecule is N=C/C(C(N)=O)=C(/N)NC1CCCC1. The van der Waals surface area contributed by atoms with Crippen LogP contribution in [-0.4, -0.2) is 18.2 Å². The van der Waals surface area contributed by atoms with E-state index in [2.05, 4.69) is 5.32 Å². The zero-order valence-corrected chi connectivity index (χ0v) is 8.05. The van der Waals surface area contributed by atoms with Crippen molar-refractivity contribution in [2.75, 3.05) is 0 Å². The molecular formula is C9H16N4O. The Kier molecular flexibility index (Phi) is 3.50. The number of carbonyl (C=O) groups excluding carboxylic acids is 1. The third-order valence-corrected chi connectivity index (χ3v) is 2.41. The Balaban J connectivity index is 2.64. The molecule has 1 rings (SSSR count). The van der Waals surface area contributed by atoms with E-state index in [1.165, 1.54) is 12.8 Å². The molecule has 1 saturated carbocycles. The first kappa shape index (κ1) is 10.6. The number of nitrogens with one attached hydrogen (secondary N) is 2. The minimum absolute atomic E-state index is 0.0527. The molecule has 1 aliphatic rings. The van der Waals surface area contributed by atoms with Crippen molar-refractivity contribution >= 4 is 12.1 Å². The normalized spacial score (nSPS) is 18.9. The van der Waals surface area contributed by atoms with Crippen LogP contribution in [0.4, 0.5) is 0 Å². The van der Waals surface area contributed by atoms with Gasteiger partial charge >= 0.3 is 0 Å². The van der Waals surface area contributed by atoms with E-state index in [9.17, 15) is 4.79 Å². The summed E-state index contributed by atoms with van der Waals surface area (Å²) in [6.07, 6.45) is 5.37. The molecular weight excluding hydrogens is 180 g/mol. The zero-order chi connectivity index (χ0) is 10.6. The maximum atomic E-state index is 10.8. The molecule has 1 amide bonds. The van der Waals surface area contributed by atoms with Crippen molar-refractivity contribution in [1.82, 2.24) is 5.32 Å². The quantitative estimate of drug-likeness (QED) is 0.370. The van der Waals surface area contributed by atoms with Crippen LogP contribution in [0.5, 0.6) is 0 Å². The van der Waals surface area contributed by atoms with Gasteiger partial charge in [-0.05, 0) is 12.8 Å². The molecule has 1 fully saturated rings. The average Bonchev–Trinajstić information content (AvgIpc) is 2.57. The van der Waals surface area contributed by atoms with Gasteiger partial charge < -0.3 is 22.2 Å². The fraction of sp³-hybridized carbons (Fsp3) is 0.556. The lowest BCUT2D eigenvalue weighted by molar-refractivity contribution is -0.114. The molecule has 0 aromatic carbocycles. The number of hydrogen-bond acceptors (Lipinski definition) is 4. The number of rotatable bonds is 4. The van der Waals surface area contributed by atoms with Crippen LogP contribution in [0.25, 0.3) is 0 Å². The highest BCUT2D eigenvalue weighted by Crippen LogP contribution is 2.18. The topological polar surface area (TPSA) is 105 Å². The summed E-state index contributed by atoms with van der Waals surface area (Å²) in [4.78, 5) is 10.8. The highest BCUT2D eigenvalue weighted by molar-refractivity contribution is 6.11. The lowest BCUT2D eigenvalue weighted by atomic mass is 10.2. The van der Waals surface area contributed by atoms with Crippen LogP contribution < -0.4 is 16.8 Å². The molecule has 78 valence electrons. The Bertz CT molecular complexity index is 266. The minimum atomic E-state index is -0.664. The number of primary amides is 1. The molecule has 0 radical (unpaired) electrons. The largest absolute Gasteiger partial charge is 0.385 e. The second-order valence-electron chi connectivity index (χ2n) is 3.46. The zero-order valence-electron chi connectivity index (χ0n) is 8.05. The van der Waals surface area contributed by atoms with E-state index in [0.717, 1.165) is 19.1 Å². The maximum absolute atomic E-state index is 10.8. The van der Waals surface area contributed by atoms with E-state index in [1.807, 2.05) is 0 Å². The second kappa shape index (κ2) is 4.64. The summed E-state index contributed by atoms with van der Waals surface area (Å²) in [7, 11) is 0. The highest BCUT2D eigenvalue weighted by atomic mass is 16.1. The van der Waals surface area contributed by atoms with E-state index in [1.54, 1.807) is 0 Å². The molecule has 0 aliphatic heterocycles. The molecule has 0 aromatic rings. The van der Waals surface area contributed by atoms with Crippen molar-refractivity contribution in [3.05, 3.63) is 11.4 Å². The number of hydrogen-bond donors (Lipinski definition) is 4. The van der Waals surface area contributed by atoms with Gasteiger partial charge in [0.05, 0.1) is 5.57 Å². The molecule has 6 N–H and O–H groups in total. The molecule has 0 aromatic heterocycles. The molecule has 1 aliphatic carbocycles. The van der Waals surface area contributed by atoms with Crippen molar-refractivity contribution in [1.29, 1.82) is 5.41 Å². The first-order valence-electron chi connectivity index (χ1n) is 4.71. The van der Waals surface area contributed by atoms with Crippen LogP contribution >= 0.6 is 0 Å². The average molecular weight is 196 g/mol. The predicted molar refractivity (Wildman–Crippen MR) is 54.6 cm³/mol. The van der Waals surface area contributed by atoms with Crippen LogP contribution in [0.2, 0.25) is 0 Å². The van der Waals surface area contributed by atoms with Gasteiger partial charge in [0.15, 0.2) is 0 Å². The smallest absolute Gasteiger partial charge is 0.253 e. The predicted octanol–water partition coefficient (Wildman–Crippen LogP) is -0.176. The van der Waals surface area contributed by atoms with Gasteiger partial charge in [0, 0.05) is 12.3 Å². The third kappa shape index (κ3) is 2.48. The number of carbonyl (C=O) groups is 1. The van der Waals surface area contributed by atoms with Crippen LogP contribution in [0.15, 0.2) is 11.4 Å². The van der Waals surface area contributed by atoms with E-state index >= 15 is 0 Å². The summed E-state index contributed by atoms with van der Waals surface area (Å²) in [5.41, 5.74) is 10.7. The maximum Gasteiger partial charge on any atom is 0.253 e. The van der Waals surface area contributed by atoms with Gasteiger partial charge in [0.25, 0.3) is 5.91 Å². The molecule has 0 saturated heterocycles. The third-order valence-electron chi connectivity index (χ3n) is 2.41. The van der Waals surface area contributed by atoms with E-state index < -0.39 is 5.91 Å². The summed E-state index contributed by atoms with van der Waals surface area (Å²) < 4.78 is 0. The monoisotopic (exact) mass is 196 g/mol. The van der Waals surface area contributed by atoms with Crippen molar-refractivity contribution in [3.63, 3.8) is 0 Å². The molecule has 0 heterocycles. The molecule has 0 spiro atoms. The van der Waals surface area contributed by atoms with Crippen molar-refractivity contribution in [2.24, 2.45) is 11.5 Å². The molecule has 14 heavy (non-hydrogen) atoms. The van der Waals surface area contributed by atoms with Crippen LogP contribution in [0.3, 0.4) is 0 Å². The summed E-state index contributed by atoms with van der Waals surface area (Å²) in [6.45, 7) is 0. The molecule has 0 atom stereocenters. The van der Waals surface area contributed by atoms with Crippen molar-refractivity contribution in [3.8, 4) is 0 Å². The summed E-state index contributed by atoms with van der Waals surface area (Å²) in [5.74, 6) is -0.442. The van der Waals surface area contributed by atoms with E-state index in [4.69, 9.17) is 16.9 Å². The molecule has 5 heteroatoms. The summed E-state index contributed by atoms with van der Waals surface area (Å²) in [6, 6.07) is 0.323. The van der Waals surface area contributed by atoms with Gasteiger partial charge in [0.2, 0.25) is 0 Å². The first-order chi connectivity index (χ1) is 6.65. The van der Waals surface area contributed by atoms with Gasteiger partial charge in [-0.25, -0.2) is 0 Å². The Morgan fingerprint density at radius 2 is 1.93 bits per heavy atom. The number of nitrogens with two attached hydrogens (primary N) is 2. The first-order valence-corrected chi connectivity index (χ1v) is 4.71. The summed E-state index contributed by atoms with van der Waals surface area (Å²) >= 11 is 0. The second-order valence-corrected chi connectivity index (χ2v) is 3.46. The molecule has 0 bridgehead atoms. The molecule has 0 unspecified atom stereocenters. The fourth-order valence-corrected chi connectivity index (χ4v) is 1.65. The number of amides is 1. The Morgan fingerprint density at radius 1 is 1.36 bits per heavy atom. The lowest BCUT2D eigenvalue weighted by Crippen LogP contribution is -2.33. The Hall–Kier alpha value is -1.52. The van der Waals surface area contributed by atoms with Gasteiger partial charge in [-0.3, -0.25) is 4.79 Å². The van der Waals surface area contributed by atoms with Gasteiger partial charge in [-0.2, -0.15) is 0 Å². The Labute approximate surface area is 83.0 Å². The van der Waals surface area contributed by atoms with E-state index in [-0.39, 0.29) is 11.4 Å². The Morgan fingerprint density at radius 3 is 2.36 bits per heavy atom. The molecule has 5 nitrogen and oxygen atoms in total. The lowest BCUT2D eigenvalue weighted by Gasteiger charge is -2.14. The van der Waals surface area contributed by atoms with Gasteiger partial charge in [0.1, 0.15) is 5.82 Å². The standard InChI is InChI=1S/C9H16N4O/c10-5-7(9(12)14)8(11)13-6-3-1-2-4-6/h5-6,10,13H,1-4,11H2,(H2,12,14)/b8-7+,10-5?. The van der Waals surface area contributed by atoms with Crippen molar-refractivity contribution in [2.45, 2.75) is 31.7 Å². The highest BCUT2D eigenvalue weighted by Gasteiger charge is 2.16. The van der Waals surface area contributed by atoms with Gasteiger partial charge in [-0.1, -0.05) is 12.8 Å². The van der Waals surface area contributed by atoms with Crippen LogP contribution in [-0.2, 0) is 4.79 Å².